The fourth-order valence-electron chi connectivity index (χ4n) is 5.43. The standard InChI is InChI=1S/C36H38N2OSi/c1-36(2,3)40(34-20-11-7-12-21-34,35-22-13-8-14-23-35)39-33-19-15-18-32(28-33)38(5)31-26-24-30(25-27-31)37(4)29-16-9-6-10-17-29/h6-28H,1-5H3. The Balaban J connectivity index is 1.47. The molecule has 40 heavy (non-hydrogen) atoms. The minimum atomic E-state index is -2.70. The lowest BCUT2D eigenvalue weighted by atomic mass is 10.2. The van der Waals surface area contributed by atoms with Crippen molar-refractivity contribution in [1.29, 1.82) is 0 Å². The van der Waals surface area contributed by atoms with Crippen LogP contribution in [0.15, 0.2) is 140 Å². The van der Waals surface area contributed by atoms with E-state index < -0.39 is 8.32 Å². The normalized spacial score (nSPS) is 11.6. The molecule has 0 fully saturated rings. The second kappa shape index (κ2) is 11.4. The molecule has 0 bridgehead atoms. The molecule has 4 heteroatoms. The van der Waals surface area contributed by atoms with Crippen LogP contribution in [-0.4, -0.2) is 22.4 Å². The van der Waals surface area contributed by atoms with Crippen molar-refractivity contribution in [1.82, 2.24) is 0 Å². The molecule has 0 atom stereocenters. The van der Waals surface area contributed by atoms with Gasteiger partial charge in [0.2, 0.25) is 0 Å². The Morgan fingerprint density at radius 2 is 0.875 bits per heavy atom. The van der Waals surface area contributed by atoms with Crippen molar-refractivity contribution >= 4 is 41.4 Å². The van der Waals surface area contributed by atoms with Gasteiger partial charge < -0.3 is 14.2 Å². The van der Waals surface area contributed by atoms with E-state index in [1.807, 2.05) is 6.07 Å². The number of benzene rings is 5. The fourth-order valence-corrected chi connectivity index (χ4v) is 9.84. The van der Waals surface area contributed by atoms with Crippen LogP contribution >= 0.6 is 0 Å². The van der Waals surface area contributed by atoms with Crippen LogP contribution in [0.1, 0.15) is 20.8 Å². The van der Waals surface area contributed by atoms with E-state index in [1.54, 1.807) is 0 Å². The van der Waals surface area contributed by atoms with E-state index in [0.717, 1.165) is 28.5 Å². The van der Waals surface area contributed by atoms with Gasteiger partial charge in [0.1, 0.15) is 5.75 Å². The maximum absolute atomic E-state index is 7.27. The summed E-state index contributed by atoms with van der Waals surface area (Å²) in [6.45, 7) is 6.93. The molecule has 202 valence electrons. The number of para-hydroxylation sites is 1. The topological polar surface area (TPSA) is 15.7 Å². The highest BCUT2D eigenvalue weighted by Gasteiger charge is 2.52. The zero-order valence-corrected chi connectivity index (χ0v) is 25.1. The predicted octanol–water partition coefficient (Wildman–Crippen LogP) is 8.16. The maximum atomic E-state index is 7.27. The van der Waals surface area contributed by atoms with Crippen LogP contribution in [-0.2, 0) is 0 Å². The van der Waals surface area contributed by atoms with Gasteiger partial charge in [0.15, 0.2) is 0 Å². The highest BCUT2D eigenvalue weighted by molar-refractivity contribution is 7.00. The zero-order valence-electron chi connectivity index (χ0n) is 24.1. The Bertz CT molecular complexity index is 1480. The average Bonchev–Trinajstić information content (AvgIpc) is 3.00. The number of hydrogen-bond donors (Lipinski definition) is 0. The van der Waals surface area contributed by atoms with Gasteiger partial charge in [-0.2, -0.15) is 0 Å². The Morgan fingerprint density at radius 1 is 0.475 bits per heavy atom. The van der Waals surface area contributed by atoms with E-state index in [0.29, 0.717) is 0 Å². The molecule has 5 aromatic rings. The van der Waals surface area contributed by atoms with Crippen molar-refractivity contribution in [3.05, 3.63) is 140 Å². The molecule has 0 radical (unpaired) electrons. The highest BCUT2D eigenvalue weighted by atomic mass is 28.4. The van der Waals surface area contributed by atoms with Crippen molar-refractivity contribution in [2.24, 2.45) is 0 Å². The molecule has 0 aromatic heterocycles. The molecule has 0 aliphatic heterocycles. The van der Waals surface area contributed by atoms with Gasteiger partial charge in [0, 0.05) is 42.9 Å². The van der Waals surface area contributed by atoms with E-state index in [2.05, 4.69) is 178 Å². The highest BCUT2D eigenvalue weighted by Crippen LogP contribution is 2.38. The lowest BCUT2D eigenvalue weighted by Crippen LogP contribution is -2.68. The monoisotopic (exact) mass is 542 g/mol. The smallest absolute Gasteiger partial charge is 0.319 e. The summed E-state index contributed by atoms with van der Waals surface area (Å²) in [7, 11) is 1.50. The van der Waals surface area contributed by atoms with Gasteiger partial charge in [-0.1, -0.05) is 106 Å². The van der Waals surface area contributed by atoms with Gasteiger partial charge in [0.05, 0.1) is 0 Å². The molecule has 0 saturated heterocycles. The van der Waals surface area contributed by atoms with Gasteiger partial charge >= 0.3 is 8.32 Å². The molecule has 0 N–H and O–H groups in total. The zero-order chi connectivity index (χ0) is 28.2. The summed E-state index contributed by atoms with van der Waals surface area (Å²) in [5, 5.41) is 2.44. The third-order valence-electron chi connectivity index (χ3n) is 7.66. The minimum absolute atomic E-state index is 0.0990. The van der Waals surface area contributed by atoms with Crippen LogP contribution in [0.25, 0.3) is 0 Å². The molecule has 0 unspecified atom stereocenters. The van der Waals surface area contributed by atoms with E-state index in [9.17, 15) is 0 Å². The molecule has 0 amide bonds. The van der Waals surface area contributed by atoms with Crippen molar-refractivity contribution < 1.29 is 4.43 Å². The summed E-state index contributed by atoms with van der Waals surface area (Å²) >= 11 is 0. The van der Waals surface area contributed by atoms with Crippen molar-refractivity contribution in [2.45, 2.75) is 25.8 Å². The molecule has 0 saturated carbocycles. The number of hydrogen-bond acceptors (Lipinski definition) is 3. The summed E-state index contributed by atoms with van der Waals surface area (Å²) in [5.74, 6) is 0.888. The molecular formula is C36H38N2OSi. The fraction of sp³-hybridized carbons (Fsp3) is 0.167. The van der Waals surface area contributed by atoms with Crippen LogP contribution in [0.2, 0.25) is 5.04 Å². The first kappa shape index (κ1) is 27.3. The first-order valence-electron chi connectivity index (χ1n) is 13.8. The molecule has 3 nitrogen and oxygen atoms in total. The third kappa shape index (κ3) is 5.40. The Labute approximate surface area is 240 Å². The second-order valence-electron chi connectivity index (χ2n) is 11.2. The third-order valence-corrected chi connectivity index (χ3v) is 12.6. The number of anilines is 4. The average molecular weight is 543 g/mol. The first-order chi connectivity index (χ1) is 19.3. The predicted molar refractivity (Wildman–Crippen MR) is 174 cm³/mol. The molecule has 5 rings (SSSR count). The molecule has 0 spiro atoms. The van der Waals surface area contributed by atoms with Crippen LogP contribution in [0.5, 0.6) is 5.75 Å². The summed E-state index contributed by atoms with van der Waals surface area (Å²) in [5.41, 5.74) is 4.51. The lowest BCUT2D eigenvalue weighted by Gasteiger charge is -2.43. The molecular weight excluding hydrogens is 504 g/mol. The number of rotatable bonds is 8. The number of nitrogens with zero attached hydrogens (tertiary/aromatic N) is 2. The lowest BCUT2D eigenvalue weighted by molar-refractivity contribution is 0.508. The van der Waals surface area contributed by atoms with Gasteiger partial charge in [-0.05, 0) is 63.9 Å². The van der Waals surface area contributed by atoms with Crippen molar-refractivity contribution in [2.75, 3.05) is 23.9 Å². The SMILES string of the molecule is CN(c1ccccc1)c1ccc(N(C)c2cccc(O[Si](c3ccccc3)(c3ccccc3)C(C)(C)C)c2)cc1. The Hall–Kier alpha value is -4.28. The van der Waals surface area contributed by atoms with E-state index >= 15 is 0 Å². The van der Waals surface area contributed by atoms with Crippen LogP contribution in [0, 0.1) is 0 Å². The van der Waals surface area contributed by atoms with Gasteiger partial charge in [-0.25, -0.2) is 0 Å². The maximum Gasteiger partial charge on any atom is 0.319 e. The van der Waals surface area contributed by atoms with Gasteiger partial charge in [-0.15, -0.1) is 0 Å². The summed E-state index contributed by atoms with van der Waals surface area (Å²) in [6, 6.07) is 49.2. The van der Waals surface area contributed by atoms with E-state index in [4.69, 9.17) is 4.43 Å². The Morgan fingerprint density at radius 3 is 1.35 bits per heavy atom. The van der Waals surface area contributed by atoms with E-state index in [-0.39, 0.29) is 5.04 Å². The minimum Gasteiger partial charge on any atom is -0.534 e. The summed E-state index contributed by atoms with van der Waals surface area (Å²) < 4.78 is 7.27. The molecule has 0 heterocycles. The molecule has 0 aliphatic carbocycles. The summed E-state index contributed by atoms with van der Waals surface area (Å²) in [4.78, 5) is 4.41. The quantitative estimate of drug-likeness (QED) is 0.184. The Kier molecular flexibility index (Phi) is 7.81. The van der Waals surface area contributed by atoms with Crippen LogP contribution in [0.3, 0.4) is 0 Å². The first-order valence-corrected chi connectivity index (χ1v) is 15.7. The van der Waals surface area contributed by atoms with Gasteiger partial charge in [0.25, 0.3) is 0 Å². The largest absolute Gasteiger partial charge is 0.534 e. The van der Waals surface area contributed by atoms with Crippen molar-refractivity contribution in [3.8, 4) is 5.75 Å². The van der Waals surface area contributed by atoms with Crippen LogP contribution < -0.4 is 24.6 Å². The second-order valence-corrected chi connectivity index (χ2v) is 15.5. The molecule has 0 aliphatic rings. The van der Waals surface area contributed by atoms with Crippen molar-refractivity contribution in [3.63, 3.8) is 0 Å². The molecule has 5 aromatic carbocycles. The van der Waals surface area contributed by atoms with E-state index in [1.165, 1.54) is 10.4 Å². The van der Waals surface area contributed by atoms with Crippen LogP contribution in [0.4, 0.5) is 22.7 Å². The summed E-state index contributed by atoms with van der Waals surface area (Å²) in [6.07, 6.45) is 0. The van der Waals surface area contributed by atoms with Gasteiger partial charge in [-0.3, -0.25) is 0 Å².